The zero-order valence-corrected chi connectivity index (χ0v) is 13.5. The maximum absolute atomic E-state index is 13.1. The van der Waals surface area contributed by atoms with E-state index in [0.717, 1.165) is 0 Å². The smallest absolute Gasteiger partial charge is 0.419 e. The van der Waals surface area contributed by atoms with Crippen molar-refractivity contribution < 1.29 is 46.1 Å². The zero-order chi connectivity index (χ0) is 21.4. The summed E-state index contributed by atoms with van der Waals surface area (Å²) in [5.74, 6) is -3.67. The average molecular weight is 401 g/mol. The molecule has 5 N–H and O–H groups in total. The van der Waals surface area contributed by atoms with Crippen molar-refractivity contribution >= 4 is 23.6 Å². The summed E-state index contributed by atoms with van der Waals surface area (Å²) < 4.78 is 77.2. The van der Waals surface area contributed by atoms with Crippen LogP contribution in [-0.2, 0) is 6.18 Å². The number of aliphatic hydroxyl groups is 1. The number of carbonyl (C=O) groups excluding carboxylic acids is 1. The minimum absolute atomic E-state index is 0.342. The molecule has 1 amide bonds. The minimum atomic E-state index is -5.21. The number of nitrogen functional groups attached to an aromatic ring is 1. The van der Waals surface area contributed by atoms with Gasteiger partial charge in [-0.2, -0.15) is 26.3 Å². The fraction of sp³-hybridized carbons (Fsp3) is 0.357. The number of hydrogen-bond donors (Lipinski definition) is 4. The van der Waals surface area contributed by atoms with Gasteiger partial charge in [0, 0.05) is 5.56 Å². The molecule has 0 saturated carbocycles. The Morgan fingerprint density at radius 1 is 1.22 bits per heavy atom. The van der Waals surface area contributed by atoms with Gasteiger partial charge in [-0.1, -0.05) is 12.7 Å². The van der Waals surface area contributed by atoms with Crippen LogP contribution in [0.5, 0.6) is 0 Å². The molecule has 0 spiro atoms. The van der Waals surface area contributed by atoms with Crippen LogP contribution in [0.1, 0.15) is 39.0 Å². The first-order chi connectivity index (χ1) is 12.0. The van der Waals surface area contributed by atoms with Crippen molar-refractivity contribution in [3.05, 3.63) is 29.1 Å². The van der Waals surface area contributed by atoms with Gasteiger partial charge < -0.3 is 21.3 Å². The van der Waals surface area contributed by atoms with Crippen molar-refractivity contribution in [3.8, 4) is 0 Å². The van der Waals surface area contributed by atoms with E-state index in [2.05, 4.69) is 11.6 Å². The van der Waals surface area contributed by atoms with Gasteiger partial charge in [-0.15, -0.1) is 0 Å². The van der Waals surface area contributed by atoms with Crippen LogP contribution in [0.25, 0.3) is 6.08 Å². The molecule has 1 atom stereocenters. The van der Waals surface area contributed by atoms with Crippen molar-refractivity contribution in [2.45, 2.75) is 24.9 Å². The topological polar surface area (TPSA) is 126 Å². The Kier molecular flexibility index (Phi) is 5.81. The number of rotatable bonds is 5. The third kappa shape index (κ3) is 4.48. The predicted molar refractivity (Wildman–Crippen MR) is 79.7 cm³/mol. The molecule has 27 heavy (non-hydrogen) atoms. The van der Waals surface area contributed by atoms with E-state index in [1.807, 2.05) is 0 Å². The second-order valence-electron chi connectivity index (χ2n) is 5.47. The quantitative estimate of drug-likeness (QED) is 0.560. The van der Waals surface area contributed by atoms with Crippen LogP contribution in [0.15, 0.2) is 6.58 Å². The Labute approximate surface area is 147 Å². The normalized spacial score (nSPS) is 14.4. The van der Waals surface area contributed by atoms with E-state index in [-0.39, 0.29) is 0 Å². The maximum Gasteiger partial charge on any atom is 0.419 e. The molecule has 0 saturated heterocycles. The van der Waals surface area contributed by atoms with E-state index in [4.69, 9.17) is 10.8 Å². The molecular weight excluding hydrogens is 388 g/mol. The third-order valence-corrected chi connectivity index (χ3v) is 3.38. The van der Waals surface area contributed by atoms with E-state index >= 15 is 0 Å². The molecule has 0 bridgehead atoms. The van der Waals surface area contributed by atoms with Gasteiger partial charge in [-0.3, -0.25) is 4.79 Å². The zero-order valence-electron chi connectivity index (χ0n) is 13.5. The molecule has 1 rings (SSSR count). The fourth-order valence-electron chi connectivity index (χ4n) is 1.88. The lowest BCUT2D eigenvalue weighted by atomic mass is 10.0. The molecule has 0 radical (unpaired) electrons. The first-order valence-corrected chi connectivity index (χ1v) is 6.88. The van der Waals surface area contributed by atoms with Crippen LogP contribution >= 0.6 is 0 Å². The highest BCUT2D eigenvalue weighted by atomic mass is 19.4. The van der Waals surface area contributed by atoms with E-state index in [1.54, 1.807) is 5.32 Å². The molecule has 0 aliphatic rings. The number of nitrogens with two attached hydrogens (primary N) is 1. The summed E-state index contributed by atoms with van der Waals surface area (Å²) in [6, 6.07) is 0. The summed E-state index contributed by atoms with van der Waals surface area (Å²) in [5.41, 5.74) is -4.26. The molecule has 150 valence electrons. The lowest BCUT2D eigenvalue weighted by molar-refractivity contribution is -0.249. The molecule has 13 heteroatoms. The highest BCUT2D eigenvalue weighted by molar-refractivity contribution is 6.01. The first-order valence-electron chi connectivity index (χ1n) is 6.88. The van der Waals surface area contributed by atoms with Crippen LogP contribution in [0, 0.1) is 0 Å². The molecule has 0 aliphatic carbocycles. The van der Waals surface area contributed by atoms with Gasteiger partial charge in [-0.25, -0.2) is 9.78 Å². The molecule has 1 unspecified atom stereocenters. The second-order valence-corrected chi connectivity index (χ2v) is 5.47. The Bertz CT molecular complexity index is 787. The van der Waals surface area contributed by atoms with Crippen LogP contribution in [0.3, 0.4) is 0 Å². The van der Waals surface area contributed by atoms with Crippen LogP contribution in [-0.4, -0.2) is 45.4 Å². The number of carboxylic acids is 1. The van der Waals surface area contributed by atoms with Crippen molar-refractivity contribution in [1.82, 2.24) is 10.3 Å². The van der Waals surface area contributed by atoms with Gasteiger partial charge in [0.2, 0.25) is 0 Å². The molecular formula is C14H13F6N3O4. The summed E-state index contributed by atoms with van der Waals surface area (Å²) >= 11 is 0. The first kappa shape index (κ1) is 22.2. The van der Waals surface area contributed by atoms with Gasteiger partial charge in [-0.05, 0) is 6.92 Å². The van der Waals surface area contributed by atoms with Crippen molar-refractivity contribution in [2.75, 3.05) is 12.3 Å². The van der Waals surface area contributed by atoms with Gasteiger partial charge >= 0.3 is 18.3 Å². The number of aromatic nitrogens is 1. The summed E-state index contributed by atoms with van der Waals surface area (Å²) in [5, 5.41) is 19.8. The van der Waals surface area contributed by atoms with Gasteiger partial charge in [0.15, 0.2) is 17.0 Å². The van der Waals surface area contributed by atoms with E-state index < -0.39 is 64.6 Å². The number of halogens is 6. The third-order valence-electron chi connectivity index (χ3n) is 3.38. The highest BCUT2D eigenvalue weighted by Crippen LogP contribution is 2.38. The predicted octanol–water partition coefficient (Wildman–Crippen LogP) is 2.07. The number of pyridine rings is 1. The van der Waals surface area contributed by atoms with Crippen molar-refractivity contribution in [2.24, 2.45) is 0 Å². The molecule has 7 nitrogen and oxygen atoms in total. The minimum Gasteiger partial charge on any atom is -0.476 e. The number of aromatic carboxylic acids is 1. The molecule has 1 heterocycles. The van der Waals surface area contributed by atoms with Gasteiger partial charge in [0.1, 0.15) is 0 Å². The van der Waals surface area contributed by atoms with Gasteiger partial charge in [0.25, 0.3) is 5.91 Å². The van der Waals surface area contributed by atoms with E-state index in [1.165, 1.54) is 0 Å². The summed E-state index contributed by atoms with van der Waals surface area (Å²) in [6.45, 7) is 2.02. The monoisotopic (exact) mass is 401 g/mol. The number of carboxylic acid groups (broad SMARTS) is 1. The number of amides is 1. The molecule has 1 aromatic rings. The highest BCUT2D eigenvalue weighted by Gasteiger charge is 2.50. The van der Waals surface area contributed by atoms with Crippen molar-refractivity contribution in [3.63, 3.8) is 0 Å². The molecule has 0 aromatic carbocycles. The van der Waals surface area contributed by atoms with E-state index in [0.29, 0.717) is 13.0 Å². The molecule has 1 aromatic heterocycles. The average Bonchev–Trinajstić information content (AvgIpc) is 2.49. The lowest BCUT2D eigenvalue weighted by Gasteiger charge is -2.26. The SMILES string of the molecule is C=Cc1c(N)c(C(=O)NCC(C)(O)C(F)(F)F)nc(C(=O)O)c1C(F)(F)F. The number of alkyl halides is 6. The fourth-order valence-corrected chi connectivity index (χ4v) is 1.88. The van der Waals surface area contributed by atoms with Crippen LogP contribution in [0.4, 0.5) is 32.0 Å². The number of nitrogens with zero attached hydrogens (tertiary/aromatic N) is 1. The largest absolute Gasteiger partial charge is 0.476 e. The number of carbonyl (C=O) groups is 2. The Balaban J connectivity index is 3.46. The second kappa shape index (κ2) is 7.06. The Morgan fingerprint density at radius 2 is 1.74 bits per heavy atom. The standard InChI is InChI=1S/C14H13F6N3O4/c1-3-5-6(13(15,16)17)8(11(25)26)23-9(7(5)21)10(24)22-4-12(2,27)14(18,19)20/h3,27H,1,4,21H2,2H3,(H,22,24)(H,25,26). The van der Waals surface area contributed by atoms with Gasteiger partial charge in [0.05, 0.1) is 17.8 Å². The maximum atomic E-state index is 13.1. The lowest BCUT2D eigenvalue weighted by Crippen LogP contribution is -2.51. The summed E-state index contributed by atoms with van der Waals surface area (Å²) in [6.07, 6.45) is -9.81. The number of anilines is 1. The van der Waals surface area contributed by atoms with E-state index in [9.17, 15) is 41.0 Å². The van der Waals surface area contributed by atoms with Crippen LogP contribution in [0.2, 0.25) is 0 Å². The molecule has 0 fully saturated rings. The van der Waals surface area contributed by atoms with Crippen LogP contribution < -0.4 is 11.1 Å². The number of nitrogens with one attached hydrogen (secondary N) is 1. The summed E-state index contributed by atoms with van der Waals surface area (Å²) in [7, 11) is 0. The Hall–Kier alpha value is -2.83. The molecule has 0 aliphatic heterocycles. The number of hydrogen-bond acceptors (Lipinski definition) is 5. The van der Waals surface area contributed by atoms with Crippen molar-refractivity contribution in [1.29, 1.82) is 0 Å². The Morgan fingerprint density at radius 3 is 2.11 bits per heavy atom. The summed E-state index contributed by atoms with van der Waals surface area (Å²) in [4.78, 5) is 26.2.